The van der Waals surface area contributed by atoms with Crippen molar-refractivity contribution in [3.8, 4) is 0 Å². The third-order valence-electron chi connectivity index (χ3n) is 2.27. The lowest BCUT2D eigenvalue weighted by molar-refractivity contribution is 0.418. The van der Waals surface area contributed by atoms with E-state index < -0.39 is 47.6 Å². The molecule has 0 aliphatic carbocycles. The van der Waals surface area contributed by atoms with Gasteiger partial charge in [-0.25, -0.2) is 13.4 Å². The highest BCUT2D eigenvalue weighted by Gasteiger charge is 2.46. The minimum atomic E-state index is -5.03. The molecule has 0 aromatic rings. The first kappa shape index (κ1) is 16.5. The van der Waals surface area contributed by atoms with Gasteiger partial charge in [0.25, 0.3) is 6.08 Å². The predicted molar refractivity (Wildman–Crippen MR) is 67.0 cm³/mol. The van der Waals surface area contributed by atoms with Gasteiger partial charge in [-0.1, -0.05) is 11.8 Å². The SMILES string of the molecule is CC1(S(=O)(=O)F)CSC(S(=O)(=O)CCC=C(F)F)=N1. The Balaban J connectivity index is 2.94. The Morgan fingerprint density at radius 3 is 2.42 bits per heavy atom. The lowest BCUT2D eigenvalue weighted by Gasteiger charge is -2.12. The van der Waals surface area contributed by atoms with E-state index in [0.717, 1.165) is 6.92 Å². The molecule has 0 bridgehead atoms. The standard InChI is InChI=1S/C8H10F3NO4S3/c1-8(19(11,15)16)5-17-7(12-8)18(13,14)4-2-3-6(9)10/h3H,2,4-5H2,1H3. The lowest BCUT2D eigenvalue weighted by Crippen LogP contribution is -2.30. The molecular weight excluding hydrogens is 327 g/mol. The summed E-state index contributed by atoms with van der Waals surface area (Å²) in [5.74, 6) is -1.01. The molecule has 1 aliphatic rings. The van der Waals surface area contributed by atoms with Gasteiger partial charge < -0.3 is 0 Å². The molecule has 0 fully saturated rings. The zero-order valence-corrected chi connectivity index (χ0v) is 12.1. The smallest absolute Gasteiger partial charge is 0.241 e. The van der Waals surface area contributed by atoms with Crippen LogP contribution in [0, 0.1) is 0 Å². The fraction of sp³-hybridized carbons (Fsp3) is 0.625. The molecule has 1 aliphatic heterocycles. The van der Waals surface area contributed by atoms with Gasteiger partial charge in [-0.3, -0.25) is 0 Å². The number of aliphatic imine (C=N–C) groups is 1. The Labute approximate surface area is 113 Å². The van der Waals surface area contributed by atoms with Crippen LogP contribution in [-0.2, 0) is 20.1 Å². The first-order valence-corrected chi connectivity index (χ1v) is 8.91. The number of hydrogen-bond donors (Lipinski definition) is 0. The van der Waals surface area contributed by atoms with E-state index in [2.05, 4.69) is 4.99 Å². The first-order valence-electron chi connectivity index (χ1n) is 4.89. The van der Waals surface area contributed by atoms with Crippen molar-refractivity contribution in [1.29, 1.82) is 0 Å². The normalized spacial score (nSPS) is 24.1. The summed E-state index contributed by atoms with van der Waals surface area (Å²) in [5, 5.41) is 0. The number of sulfone groups is 1. The van der Waals surface area contributed by atoms with Gasteiger partial charge in [0.15, 0.2) is 9.25 Å². The van der Waals surface area contributed by atoms with Crippen molar-refractivity contribution in [1.82, 2.24) is 0 Å². The van der Waals surface area contributed by atoms with Crippen LogP contribution in [0.4, 0.5) is 12.7 Å². The van der Waals surface area contributed by atoms with Crippen LogP contribution < -0.4 is 0 Å². The fourth-order valence-electron chi connectivity index (χ4n) is 1.15. The maximum atomic E-state index is 12.9. The van der Waals surface area contributed by atoms with Crippen molar-refractivity contribution in [2.45, 2.75) is 18.2 Å². The number of allylic oxidation sites excluding steroid dienone is 1. The molecule has 1 heterocycles. The van der Waals surface area contributed by atoms with Crippen molar-refractivity contribution in [3.63, 3.8) is 0 Å². The van der Waals surface area contributed by atoms with E-state index in [1.54, 1.807) is 0 Å². The molecule has 0 N–H and O–H groups in total. The van der Waals surface area contributed by atoms with Gasteiger partial charge in [0.05, 0.1) is 5.75 Å². The van der Waals surface area contributed by atoms with Crippen molar-refractivity contribution in [3.05, 3.63) is 12.2 Å². The molecule has 1 unspecified atom stereocenters. The topological polar surface area (TPSA) is 80.6 Å². The second-order valence-electron chi connectivity index (χ2n) is 3.88. The van der Waals surface area contributed by atoms with Crippen LogP contribution in [0.3, 0.4) is 0 Å². The molecule has 0 radical (unpaired) electrons. The van der Waals surface area contributed by atoms with E-state index in [1.807, 2.05) is 0 Å². The van der Waals surface area contributed by atoms with Gasteiger partial charge in [-0.15, -0.1) is 3.89 Å². The monoisotopic (exact) mass is 337 g/mol. The Bertz CT molecular complexity index is 622. The van der Waals surface area contributed by atoms with E-state index in [4.69, 9.17) is 0 Å². The molecule has 0 amide bonds. The summed E-state index contributed by atoms with van der Waals surface area (Å²) in [6.07, 6.45) is -2.00. The quantitative estimate of drug-likeness (QED) is 0.729. The van der Waals surface area contributed by atoms with Crippen molar-refractivity contribution < 1.29 is 29.5 Å². The first-order chi connectivity index (χ1) is 8.48. The molecule has 1 atom stereocenters. The van der Waals surface area contributed by atoms with Gasteiger partial charge in [0, 0.05) is 5.75 Å². The second kappa shape index (κ2) is 5.44. The summed E-state index contributed by atoms with van der Waals surface area (Å²) in [6.45, 7) is 0.957. The highest BCUT2D eigenvalue weighted by molar-refractivity contribution is 8.35. The number of rotatable bonds is 4. The Hall–Kier alpha value is -0.550. The lowest BCUT2D eigenvalue weighted by atomic mass is 10.4. The largest absolute Gasteiger partial charge is 0.329 e. The molecule has 0 saturated heterocycles. The average Bonchev–Trinajstić information content (AvgIpc) is 2.61. The maximum absolute atomic E-state index is 12.9. The molecular formula is C8H10F3NO4S3. The molecule has 19 heavy (non-hydrogen) atoms. The third kappa shape index (κ3) is 3.96. The van der Waals surface area contributed by atoms with Gasteiger partial charge >= 0.3 is 10.2 Å². The Morgan fingerprint density at radius 1 is 1.42 bits per heavy atom. The molecule has 110 valence electrons. The van der Waals surface area contributed by atoms with Gasteiger partial charge in [0.1, 0.15) is 0 Å². The van der Waals surface area contributed by atoms with Crippen molar-refractivity contribution in [2.24, 2.45) is 4.99 Å². The Morgan fingerprint density at radius 2 is 2.00 bits per heavy atom. The highest BCUT2D eigenvalue weighted by Crippen LogP contribution is 2.35. The molecule has 1 rings (SSSR count). The van der Waals surface area contributed by atoms with E-state index in [1.165, 1.54) is 0 Å². The number of thioether (sulfide) groups is 1. The summed E-state index contributed by atoms with van der Waals surface area (Å²) < 4.78 is 81.0. The summed E-state index contributed by atoms with van der Waals surface area (Å²) in [5.41, 5.74) is 0. The minimum absolute atomic E-state index is 0.367. The minimum Gasteiger partial charge on any atom is -0.241 e. The van der Waals surface area contributed by atoms with E-state index in [9.17, 15) is 29.5 Å². The molecule has 0 aromatic carbocycles. The summed E-state index contributed by atoms with van der Waals surface area (Å²) in [7, 11) is -9.02. The van der Waals surface area contributed by atoms with Crippen LogP contribution >= 0.6 is 11.8 Å². The average molecular weight is 337 g/mol. The van der Waals surface area contributed by atoms with Crippen LogP contribution in [0.5, 0.6) is 0 Å². The molecule has 0 saturated carbocycles. The maximum Gasteiger partial charge on any atom is 0.329 e. The van der Waals surface area contributed by atoms with E-state index in [0.29, 0.717) is 17.8 Å². The van der Waals surface area contributed by atoms with Crippen molar-refractivity contribution in [2.75, 3.05) is 11.5 Å². The second-order valence-corrected chi connectivity index (χ2v) is 8.88. The van der Waals surface area contributed by atoms with E-state index in [-0.39, 0.29) is 5.75 Å². The number of hydrogen-bond acceptors (Lipinski definition) is 6. The molecule has 5 nitrogen and oxygen atoms in total. The molecule has 0 spiro atoms. The van der Waals surface area contributed by atoms with E-state index >= 15 is 0 Å². The summed E-state index contributed by atoms with van der Waals surface area (Å²) in [4.78, 5) is 1.24. The molecule has 0 aromatic heterocycles. The third-order valence-corrected chi connectivity index (χ3v) is 7.29. The molecule has 11 heteroatoms. The van der Waals surface area contributed by atoms with Gasteiger partial charge in [-0.05, 0) is 19.4 Å². The Kier molecular flexibility index (Phi) is 4.73. The predicted octanol–water partition coefficient (Wildman–Crippen LogP) is 1.69. The van der Waals surface area contributed by atoms with Gasteiger partial charge in [-0.2, -0.15) is 17.2 Å². The summed E-state index contributed by atoms with van der Waals surface area (Å²) >= 11 is 0.577. The number of halogens is 3. The van der Waals surface area contributed by atoms with Crippen molar-refractivity contribution >= 4 is 36.2 Å². The highest BCUT2D eigenvalue weighted by atomic mass is 32.3. The summed E-state index contributed by atoms with van der Waals surface area (Å²) in [6, 6.07) is 0. The zero-order valence-electron chi connectivity index (χ0n) is 9.64. The number of nitrogens with zero attached hydrogens (tertiary/aromatic N) is 1. The van der Waals surface area contributed by atoms with Crippen LogP contribution in [0.25, 0.3) is 0 Å². The zero-order chi connectivity index (χ0) is 14.9. The van der Waals surface area contributed by atoms with Gasteiger partial charge in [0.2, 0.25) is 9.84 Å². The van der Waals surface area contributed by atoms with Crippen LogP contribution in [0.15, 0.2) is 17.1 Å². The fourth-order valence-corrected chi connectivity index (χ4v) is 5.01. The van der Waals surface area contributed by atoms with Crippen LogP contribution in [0.2, 0.25) is 0 Å². The van der Waals surface area contributed by atoms with Crippen LogP contribution in [-0.4, -0.2) is 37.6 Å². The van der Waals surface area contributed by atoms with Crippen LogP contribution in [0.1, 0.15) is 13.3 Å².